The molecule has 0 bridgehead atoms. The summed E-state index contributed by atoms with van der Waals surface area (Å²) in [6.45, 7) is 0. The smallest absolute Gasteiger partial charge is 0.337 e. The normalized spacial score (nSPS) is 10.1. The molecule has 0 atom stereocenters. The minimum Gasteiger partial charge on any atom is -0.478 e. The Balaban J connectivity index is 2.92. The molecule has 0 aromatic heterocycles. The number of hydrazine groups is 1. The summed E-state index contributed by atoms with van der Waals surface area (Å²) in [6.07, 6.45) is 0. The predicted octanol–water partition coefficient (Wildman–Crippen LogP) is 1.12. The van der Waals surface area contributed by atoms with Crippen LogP contribution >= 0.6 is 0 Å². The number of nitrogens with one attached hydrogen (secondary N) is 2. The summed E-state index contributed by atoms with van der Waals surface area (Å²) in [4.78, 5) is 22.2. The van der Waals surface area contributed by atoms with E-state index >= 15 is 0 Å². The lowest BCUT2D eigenvalue weighted by Gasteiger charge is -2.14. The topological polar surface area (TPSA) is 81.7 Å². The number of aromatic carboxylic acids is 1. The first-order valence-corrected chi connectivity index (χ1v) is 4.68. The molecule has 0 unspecified atom stereocenters. The lowest BCUT2D eigenvalue weighted by atomic mass is 10.2. The molecule has 2 amide bonds. The summed E-state index contributed by atoms with van der Waals surface area (Å²) < 4.78 is 12.9. The molecule has 0 fully saturated rings. The molecule has 0 spiro atoms. The molecule has 0 saturated carbocycles. The fourth-order valence-corrected chi connectivity index (χ4v) is 1.16. The Kier molecular flexibility index (Phi) is 4.00. The van der Waals surface area contributed by atoms with E-state index in [1.807, 2.05) is 0 Å². The van der Waals surface area contributed by atoms with Crippen molar-refractivity contribution in [2.24, 2.45) is 0 Å². The van der Waals surface area contributed by atoms with E-state index in [0.29, 0.717) is 0 Å². The number of halogens is 1. The minimum atomic E-state index is -1.25. The molecule has 17 heavy (non-hydrogen) atoms. The van der Waals surface area contributed by atoms with E-state index in [4.69, 9.17) is 5.11 Å². The molecule has 1 aromatic rings. The van der Waals surface area contributed by atoms with Gasteiger partial charge in [0.05, 0.1) is 11.3 Å². The van der Waals surface area contributed by atoms with E-state index in [2.05, 4.69) is 10.7 Å². The molecule has 6 nitrogen and oxygen atoms in total. The second-order valence-electron chi connectivity index (χ2n) is 3.46. The molecule has 3 N–H and O–H groups in total. The third-order valence-corrected chi connectivity index (χ3v) is 1.79. The van der Waals surface area contributed by atoms with E-state index in [0.717, 1.165) is 18.2 Å². The first kappa shape index (κ1) is 12.9. The third kappa shape index (κ3) is 3.72. The van der Waals surface area contributed by atoms with E-state index < -0.39 is 17.8 Å². The molecule has 1 rings (SSSR count). The zero-order valence-corrected chi connectivity index (χ0v) is 9.32. The Morgan fingerprint density at radius 3 is 2.53 bits per heavy atom. The number of nitrogens with zero attached hydrogens (tertiary/aromatic N) is 1. The number of carbonyl (C=O) groups is 2. The molecule has 0 saturated heterocycles. The van der Waals surface area contributed by atoms with Gasteiger partial charge in [-0.3, -0.25) is 5.43 Å². The molecule has 0 aliphatic carbocycles. The Bertz CT molecular complexity index is 448. The predicted molar refractivity (Wildman–Crippen MR) is 59.2 cm³/mol. The van der Waals surface area contributed by atoms with Gasteiger partial charge in [0.2, 0.25) is 0 Å². The van der Waals surface area contributed by atoms with Crippen molar-refractivity contribution in [2.45, 2.75) is 0 Å². The van der Waals surface area contributed by atoms with E-state index in [1.165, 1.54) is 5.01 Å². The van der Waals surface area contributed by atoms with Crippen molar-refractivity contribution in [3.63, 3.8) is 0 Å². The number of hydrogen-bond donors (Lipinski definition) is 3. The SMILES string of the molecule is CN(C)NC(=O)Nc1cc(F)ccc1C(=O)O. The van der Waals surface area contributed by atoms with Crippen molar-refractivity contribution in [1.29, 1.82) is 0 Å². The second-order valence-corrected chi connectivity index (χ2v) is 3.46. The van der Waals surface area contributed by atoms with Gasteiger partial charge in [0.15, 0.2) is 0 Å². The van der Waals surface area contributed by atoms with Gasteiger partial charge >= 0.3 is 12.0 Å². The van der Waals surface area contributed by atoms with Crippen molar-refractivity contribution < 1.29 is 19.1 Å². The number of urea groups is 1. The summed E-state index contributed by atoms with van der Waals surface area (Å²) in [6, 6.07) is 2.39. The molecule has 7 heteroatoms. The van der Waals surface area contributed by atoms with Crippen LogP contribution in [0.15, 0.2) is 18.2 Å². The van der Waals surface area contributed by atoms with Crippen LogP contribution < -0.4 is 10.7 Å². The molecular formula is C10H12FN3O3. The Morgan fingerprint density at radius 2 is 2.00 bits per heavy atom. The van der Waals surface area contributed by atoms with Crippen LogP contribution in [0.1, 0.15) is 10.4 Å². The summed E-state index contributed by atoms with van der Waals surface area (Å²) in [5, 5.41) is 12.5. The van der Waals surface area contributed by atoms with Gasteiger partial charge in [0.1, 0.15) is 5.82 Å². The maximum Gasteiger partial charge on any atom is 0.337 e. The molecule has 0 aliphatic heterocycles. The average Bonchev–Trinajstić information content (AvgIpc) is 2.15. The molecule has 1 aromatic carbocycles. The Morgan fingerprint density at radius 1 is 1.35 bits per heavy atom. The number of amides is 2. The first-order chi connectivity index (χ1) is 7.90. The van der Waals surface area contributed by atoms with E-state index in [1.54, 1.807) is 14.1 Å². The molecule has 0 aliphatic rings. The highest BCUT2D eigenvalue weighted by atomic mass is 19.1. The fourth-order valence-electron chi connectivity index (χ4n) is 1.16. The van der Waals surface area contributed by atoms with Crippen LogP contribution in [-0.2, 0) is 0 Å². The highest BCUT2D eigenvalue weighted by molar-refractivity contribution is 5.99. The van der Waals surface area contributed by atoms with Gasteiger partial charge < -0.3 is 10.4 Å². The van der Waals surface area contributed by atoms with Crippen LogP contribution in [0.5, 0.6) is 0 Å². The van der Waals surface area contributed by atoms with Gasteiger partial charge in [-0.05, 0) is 18.2 Å². The zero-order valence-electron chi connectivity index (χ0n) is 9.32. The van der Waals surface area contributed by atoms with Gasteiger partial charge in [-0.1, -0.05) is 0 Å². The van der Waals surface area contributed by atoms with Crippen LogP contribution in [0.4, 0.5) is 14.9 Å². The van der Waals surface area contributed by atoms with Crippen molar-refractivity contribution in [2.75, 3.05) is 19.4 Å². The third-order valence-electron chi connectivity index (χ3n) is 1.79. The number of carboxylic acid groups (broad SMARTS) is 1. The van der Waals surface area contributed by atoms with Gasteiger partial charge in [0.25, 0.3) is 0 Å². The van der Waals surface area contributed by atoms with Crippen LogP contribution in [0.3, 0.4) is 0 Å². The van der Waals surface area contributed by atoms with Crippen LogP contribution in [0, 0.1) is 5.82 Å². The van der Waals surface area contributed by atoms with Gasteiger partial charge in [-0.2, -0.15) is 0 Å². The van der Waals surface area contributed by atoms with Gasteiger partial charge in [-0.25, -0.2) is 19.0 Å². The fraction of sp³-hybridized carbons (Fsp3) is 0.200. The number of rotatable bonds is 3. The van der Waals surface area contributed by atoms with Crippen molar-refractivity contribution in [3.05, 3.63) is 29.6 Å². The molecule has 0 heterocycles. The summed E-state index contributed by atoms with van der Waals surface area (Å²) in [7, 11) is 3.17. The summed E-state index contributed by atoms with van der Waals surface area (Å²) >= 11 is 0. The number of benzene rings is 1. The Hall–Kier alpha value is -2.15. The van der Waals surface area contributed by atoms with Crippen LogP contribution in [0.2, 0.25) is 0 Å². The molecule has 92 valence electrons. The van der Waals surface area contributed by atoms with Crippen LogP contribution in [-0.4, -0.2) is 36.2 Å². The minimum absolute atomic E-state index is 0.100. The van der Waals surface area contributed by atoms with E-state index in [9.17, 15) is 14.0 Å². The number of anilines is 1. The van der Waals surface area contributed by atoms with Gasteiger partial charge in [-0.15, -0.1) is 0 Å². The monoisotopic (exact) mass is 241 g/mol. The quantitative estimate of drug-likeness (QED) is 0.693. The lowest BCUT2D eigenvalue weighted by Crippen LogP contribution is -2.39. The zero-order chi connectivity index (χ0) is 13.0. The highest BCUT2D eigenvalue weighted by Crippen LogP contribution is 2.17. The maximum atomic E-state index is 12.9. The lowest BCUT2D eigenvalue weighted by molar-refractivity contribution is 0.0698. The summed E-state index contributed by atoms with van der Waals surface area (Å²) in [5.74, 6) is -1.87. The van der Waals surface area contributed by atoms with Gasteiger partial charge in [0, 0.05) is 14.1 Å². The first-order valence-electron chi connectivity index (χ1n) is 4.68. The largest absolute Gasteiger partial charge is 0.478 e. The van der Waals surface area contributed by atoms with Crippen molar-refractivity contribution in [1.82, 2.24) is 10.4 Å². The Labute approximate surface area is 97.0 Å². The van der Waals surface area contributed by atoms with Crippen molar-refractivity contribution >= 4 is 17.7 Å². The number of carboxylic acids is 1. The molecule has 0 radical (unpaired) electrons. The second kappa shape index (κ2) is 5.26. The average molecular weight is 241 g/mol. The standard InChI is InChI=1S/C10H12FN3O3/c1-14(2)13-10(17)12-8-5-6(11)3-4-7(8)9(15)16/h3-5H,1-2H3,(H,15,16)(H2,12,13,17). The maximum absolute atomic E-state index is 12.9. The van der Waals surface area contributed by atoms with E-state index in [-0.39, 0.29) is 11.3 Å². The van der Waals surface area contributed by atoms with Crippen LogP contribution in [0.25, 0.3) is 0 Å². The van der Waals surface area contributed by atoms with Crippen molar-refractivity contribution in [3.8, 4) is 0 Å². The summed E-state index contributed by atoms with van der Waals surface area (Å²) in [5.41, 5.74) is 2.06. The number of hydrogen-bond acceptors (Lipinski definition) is 3. The highest BCUT2D eigenvalue weighted by Gasteiger charge is 2.13. The molecular weight excluding hydrogens is 229 g/mol. The number of carbonyl (C=O) groups excluding carboxylic acids is 1.